The first kappa shape index (κ1) is 33.5. The number of rotatable bonds is 12. The number of nitrogens with zero attached hydrogens (tertiary/aromatic N) is 2. The number of aryl methyl sites for hydroxylation is 1. The molecule has 1 aliphatic rings. The lowest BCUT2D eigenvalue weighted by Gasteiger charge is -2.34. The van der Waals surface area contributed by atoms with Gasteiger partial charge in [0.15, 0.2) is 0 Å². The van der Waals surface area contributed by atoms with E-state index >= 15 is 0 Å². The standard InChI is InChI=1S/C36H37Cl2N3O4S/c1-26-17-19-33(20-18-26)46(44,45)41(32-16-8-13-30(38)23-32)25-35(42)40(24-28-11-7-12-29(37)21-28)34(22-27-9-3-2-4-10-27)36(43)39-31-14-5-6-15-31/h2-4,7-13,16-21,23,31,34H,5-6,14-15,22,24-25H2,1H3,(H,39,43). The second-order valence-electron chi connectivity index (χ2n) is 11.7. The van der Waals surface area contributed by atoms with E-state index in [0.29, 0.717) is 15.6 Å². The van der Waals surface area contributed by atoms with Crippen LogP contribution >= 0.6 is 23.2 Å². The largest absolute Gasteiger partial charge is 0.352 e. The number of halogens is 2. The molecule has 1 unspecified atom stereocenters. The number of sulfonamides is 1. The van der Waals surface area contributed by atoms with E-state index in [2.05, 4.69) is 5.32 Å². The van der Waals surface area contributed by atoms with Crippen LogP contribution in [0.15, 0.2) is 108 Å². The molecule has 0 saturated heterocycles. The summed E-state index contributed by atoms with van der Waals surface area (Å²) in [5.41, 5.74) is 2.72. The lowest BCUT2D eigenvalue weighted by Crippen LogP contribution is -2.54. The van der Waals surface area contributed by atoms with Gasteiger partial charge in [0.05, 0.1) is 10.6 Å². The van der Waals surface area contributed by atoms with Gasteiger partial charge >= 0.3 is 0 Å². The highest BCUT2D eigenvalue weighted by molar-refractivity contribution is 7.92. The van der Waals surface area contributed by atoms with E-state index in [-0.39, 0.29) is 35.5 Å². The third-order valence-electron chi connectivity index (χ3n) is 8.20. The van der Waals surface area contributed by atoms with Crippen LogP contribution in [-0.2, 0) is 32.6 Å². The predicted molar refractivity (Wildman–Crippen MR) is 183 cm³/mol. The molecule has 10 heteroatoms. The zero-order valence-corrected chi connectivity index (χ0v) is 27.9. The number of nitrogens with one attached hydrogen (secondary N) is 1. The fourth-order valence-electron chi connectivity index (χ4n) is 5.75. The molecule has 1 saturated carbocycles. The molecule has 1 N–H and O–H groups in total. The maximum atomic E-state index is 14.6. The van der Waals surface area contributed by atoms with Gasteiger partial charge in [-0.3, -0.25) is 13.9 Å². The molecule has 1 fully saturated rings. The molecule has 4 aromatic rings. The van der Waals surface area contributed by atoms with E-state index in [1.54, 1.807) is 48.5 Å². The van der Waals surface area contributed by atoms with Crippen LogP contribution in [-0.4, -0.2) is 43.8 Å². The smallest absolute Gasteiger partial charge is 0.264 e. The first-order valence-corrected chi connectivity index (χ1v) is 17.5. The van der Waals surface area contributed by atoms with Crippen LogP contribution in [0.2, 0.25) is 10.0 Å². The number of hydrogen-bond acceptors (Lipinski definition) is 4. The Morgan fingerprint density at radius 3 is 2.11 bits per heavy atom. The van der Waals surface area contributed by atoms with Gasteiger partial charge in [-0.05, 0) is 73.4 Å². The summed E-state index contributed by atoms with van der Waals surface area (Å²) in [6, 6.07) is 28.5. The fourth-order valence-corrected chi connectivity index (χ4v) is 7.55. The first-order chi connectivity index (χ1) is 22.1. The Morgan fingerprint density at radius 2 is 1.46 bits per heavy atom. The Bertz CT molecular complexity index is 1760. The molecule has 240 valence electrons. The molecule has 7 nitrogen and oxygen atoms in total. The van der Waals surface area contributed by atoms with Gasteiger partial charge in [0.1, 0.15) is 12.6 Å². The van der Waals surface area contributed by atoms with E-state index in [1.165, 1.54) is 23.1 Å². The first-order valence-electron chi connectivity index (χ1n) is 15.3. The highest BCUT2D eigenvalue weighted by Gasteiger charge is 2.35. The van der Waals surface area contributed by atoms with Crippen molar-refractivity contribution in [1.29, 1.82) is 0 Å². The van der Waals surface area contributed by atoms with Crippen LogP contribution in [0.5, 0.6) is 0 Å². The Morgan fingerprint density at radius 1 is 0.826 bits per heavy atom. The molecule has 46 heavy (non-hydrogen) atoms. The normalized spacial score (nSPS) is 14.1. The minimum absolute atomic E-state index is 0.0266. The maximum Gasteiger partial charge on any atom is 0.264 e. The van der Waals surface area contributed by atoms with Gasteiger partial charge in [0.2, 0.25) is 11.8 Å². The Labute approximate surface area is 281 Å². The van der Waals surface area contributed by atoms with Crippen molar-refractivity contribution in [2.75, 3.05) is 10.8 Å². The topological polar surface area (TPSA) is 86.8 Å². The van der Waals surface area contributed by atoms with E-state index in [0.717, 1.165) is 41.1 Å². The van der Waals surface area contributed by atoms with E-state index < -0.39 is 28.5 Å². The van der Waals surface area contributed by atoms with E-state index in [1.807, 2.05) is 43.3 Å². The van der Waals surface area contributed by atoms with Crippen molar-refractivity contribution in [3.63, 3.8) is 0 Å². The fraction of sp³-hybridized carbons (Fsp3) is 0.278. The van der Waals surface area contributed by atoms with Crippen LogP contribution in [0.3, 0.4) is 0 Å². The average Bonchev–Trinajstić information content (AvgIpc) is 3.55. The minimum Gasteiger partial charge on any atom is -0.352 e. The van der Waals surface area contributed by atoms with Gasteiger partial charge in [-0.1, -0.05) is 102 Å². The summed E-state index contributed by atoms with van der Waals surface area (Å²) in [7, 11) is -4.21. The van der Waals surface area contributed by atoms with Crippen molar-refractivity contribution in [2.45, 2.75) is 62.6 Å². The summed E-state index contributed by atoms with van der Waals surface area (Å²) >= 11 is 12.6. The third kappa shape index (κ3) is 8.49. The molecule has 1 atom stereocenters. The van der Waals surface area contributed by atoms with Crippen molar-refractivity contribution in [3.05, 3.63) is 130 Å². The molecule has 1 aliphatic carbocycles. The van der Waals surface area contributed by atoms with Crippen molar-refractivity contribution in [1.82, 2.24) is 10.2 Å². The molecular weight excluding hydrogens is 641 g/mol. The van der Waals surface area contributed by atoms with Gasteiger partial charge in [0, 0.05) is 29.1 Å². The molecule has 0 bridgehead atoms. The number of hydrogen-bond donors (Lipinski definition) is 1. The molecular formula is C36H37Cl2N3O4S. The molecule has 0 heterocycles. The molecule has 0 aromatic heterocycles. The van der Waals surface area contributed by atoms with Gasteiger partial charge in [-0.15, -0.1) is 0 Å². The minimum atomic E-state index is -4.21. The van der Waals surface area contributed by atoms with Gasteiger partial charge < -0.3 is 10.2 Å². The Kier molecular flexibility index (Phi) is 11.0. The summed E-state index contributed by atoms with van der Waals surface area (Å²) in [6.07, 6.45) is 4.07. The lowest BCUT2D eigenvalue weighted by atomic mass is 10.0. The molecule has 4 aromatic carbocycles. The third-order valence-corrected chi connectivity index (χ3v) is 10.5. The predicted octanol–water partition coefficient (Wildman–Crippen LogP) is 7.20. The zero-order valence-electron chi connectivity index (χ0n) is 25.6. The highest BCUT2D eigenvalue weighted by atomic mass is 35.5. The second kappa shape index (κ2) is 15.2. The monoisotopic (exact) mass is 677 g/mol. The van der Waals surface area contributed by atoms with Crippen molar-refractivity contribution < 1.29 is 18.0 Å². The maximum absolute atomic E-state index is 14.6. The van der Waals surface area contributed by atoms with Crippen LogP contribution in [0.1, 0.15) is 42.4 Å². The lowest BCUT2D eigenvalue weighted by molar-refractivity contribution is -0.140. The molecule has 0 radical (unpaired) electrons. The number of amides is 2. The summed E-state index contributed by atoms with van der Waals surface area (Å²) in [5, 5.41) is 3.99. The number of carbonyl (C=O) groups excluding carboxylic acids is 2. The number of anilines is 1. The molecule has 2 amide bonds. The zero-order chi connectivity index (χ0) is 32.7. The average molecular weight is 679 g/mol. The van der Waals surface area contributed by atoms with Crippen LogP contribution in [0.4, 0.5) is 5.69 Å². The van der Waals surface area contributed by atoms with Crippen LogP contribution in [0, 0.1) is 6.92 Å². The number of benzene rings is 4. The van der Waals surface area contributed by atoms with Crippen molar-refractivity contribution in [3.8, 4) is 0 Å². The van der Waals surface area contributed by atoms with E-state index in [9.17, 15) is 18.0 Å². The van der Waals surface area contributed by atoms with E-state index in [4.69, 9.17) is 23.2 Å². The van der Waals surface area contributed by atoms with Crippen LogP contribution < -0.4 is 9.62 Å². The van der Waals surface area contributed by atoms with Gasteiger partial charge in [-0.25, -0.2) is 8.42 Å². The van der Waals surface area contributed by atoms with Crippen molar-refractivity contribution >= 4 is 50.7 Å². The Balaban J connectivity index is 1.57. The second-order valence-corrected chi connectivity index (χ2v) is 14.4. The van der Waals surface area contributed by atoms with Crippen molar-refractivity contribution in [2.24, 2.45) is 0 Å². The molecule has 5 rings (SSSR count). The van der Waals surface area contributed by atoms with Gasteiger partial charge in [-0.2, -0.15) is 0 Å². The molecule has 0 aliphatic heterocycles. The molecule has 0 spiro atoms. The van der Waals surface area contributed by atoms with Gasteiger partial charge in [0.25, 0.3) is 10.0 Å². The van der Waals surface area contributed by atoms with Crippen LogP contribution in [0.25, 0.3) is 0 Å². The quantitative estimate of drug-likeness (QED) is 0.172. The SMILES string of the molecule is Cc1ccc(S(=O)(=O)N(CC(=O)N(Cc2cccc(Cl)c2)C(Cc2ccccc2)C(=O)NC2CCCC2)c2cccc(Cl)c2)cc1. The number of carbonyl (C=O) groups is 2. The Hall–Kier alpha value is -3.85. The summed E-state index contributed by atoms with van der Waals surface area (Å²) < 4.78 is 29.4. The summed E-state index contributed by atoms with van der Waals surface area (Å²) in [4.78, 5) is 30.2. The highest BCUT2D eigenvalue weighted by Crippen LogP contribution is 2.28. The summed E-state index contributed by atoms with van der Waals surface area (Å²) in [5.74, 6) is -0.819. The summed E-state index contributed by atoms with van der Waals surface area (Å²) in [6.45, 7) is 1.36.